The summed E-state index contributed by atoms with van der Waals surface area (Å²) < 4.78 is 31.7. The van der Waals surface area contributed by atoms with Crippen molar-refractivity contribution in [2.45, 2.75) is 39.7 Å². The van der Waals surface area contributed by atoms with Gasteiger partial charge in [0.15, 0.2) is 0 Å². The first kappa shape index (κ1) is 20.0. The van der Waals surface area contributed by atoms with E-state index in [1.165, 1.54) is 6.07 Å². The molecular formula is C22H26FNO4. The topological polar surface area (TPSA) is 70.8 Å². The minimum absolute atomic E-state index is 0.346. The predicted molar refractivity (Wildman–Crippen MR) is 105 cm³/mol. The maximum Gasteiger partial charge on any atom is 0.405 e. The number of rotatable bonds is 6. The number of unbranched alkanes of at least 4 members (excludes halogenated alkanes) is 1. The second kappa shape index (κ2) is 8.09. The van der Waals surface area contributed by atoms with E-state index in [-0.39, 0.29) is 5.82 Å². The average Bonchev–Trinajstić information content (AvgIpc) is 2.64. The monoisotopic (exact) mass is 387 g/mol. The van der Waals surface area contributed by atoms with Crippen LogP contribution in [0.5, 0.6) is 11.5 Å². The zero-order valence-corrected chi connectivity index (χ0v) is 16.5. The molecule has 1 aliphatic rings. The molecule has 3 rings (SSSR count). The fraction of sp³-hybridized carbons (Fsp3) is 0.409. The van der Waals surface area contributed by atoms with Gasteiger partial charge in [0.25, 0.3) is 0 Å². The molecule has 0 radical (unpaired) electrons. The third-order valence-electron chi connectivity index (χ3n) is 4.86. The van der Waals surface area contributed by atoms with E-state index in [0.717, 1.165) is 12.8 Å². The second-order valence-corrected chi connectivity index (χ2v) is 7.66. The molecule has 6 heteroatoms. The summed E-state index contributed by atoms with van der Waals surface area (Å²) >= 11 is 0. The molecule has 0 spiro atoms. The van der Waals surface area contributed by atoms with Gasteiger partial charge in [-0.25, -0.2) is 9.18 Å². The van der Waals surface area contributed by atoms with E-state index in [1.54, 1.807) is 30.3 Å². The van der Waals surface area contributed by atoms with Gasteiger partial charge in [0.2, 0.25) is 0 Å². The van der Waals surface area contributed by atoms with Crippen LogP contribution < -0.4 is 15.2 Å². The lowest BCUT2D eigenvalue weighted by Gasteiger charge is -2.38. The quantitative estimate of drug-likeness (QED) is 0.689. The Kier molecular flexibility index (Phi) is 5.77. The van der Waals surface area contributed by atoms with Crippen molar-refractivity contribution in [3.05, 3.63) is 47.8 Å². The summed E-state index contributed by atoms with van der Waals surface area (Å²) in [5, 5.41) is 0. The van der Waals surface area contributed by atoms with Crippen LogP contribution >= 0.6 is 0 Å². The number of fused-ring (bicyclic) bond motifs is 1. The molecule has 2 N–H and O–H groups in total. The molecule has 1 atom stereocenters. The Balaban J connectivity index is 2.00. The molecule has 0 aliphatic carbocycles. The van der Waals surface area contributed by atoms with Gasteiger partial charge in [0.05, 0.1) is 18.8 Å². The Morgan fingerprint density at radius 3 is 2.82 bits per heavy atom. The van der Waals surface area contributed by atoms with Crippen LogP contribution in [-0.4, -0.2) is 19.3 Å². The van der Waals surface area contributed by atoms with Crippen molar-refractivity contribution in [2.75, 3.05) is 13.2 Å². The zero-order valence-electron chi connectivity index (χ0n) is 16.5. The summed E-state index contributed by atoms with van der Waals surface area (Å²) in [6.07, 6.45) is 0.512. The molecule has 0 saturated carbocycles. The van der Waals surface area contributed by atoms with Crippen LogP contribution in [0.25, 0.3) is 11.1 Å². The molecule has 150 valence electrons. The molecule has 0 fully saturated rings. The first-order chi connectivity index (χ1) is 13.3. The number of carbonyl (C=O) groups excluding carboxylic acids is 1. The van der Waals surface area contributed by atoms with Crippen LogP contribution in [0, 0.1) is 11.2 Å². The molecule has 1 heterocycles. The van der Waals surface area contributed by atoms with Gasteiger partial charge in [-0.3, -0.25) is 0 Å². The van der Waals surface area contributed by atoms with Gasteiger partial charge in [0, 0.05) is 11.0 Å². The summed E-state index contributed by atoms with van der Waals surface area (Å²) in [6, 6.07) is 10.1. The zero-order chi connectivity index (χ0) is 20.3. The van der Waals surface area contributed by atoms with Crippen molar-refractivity contribution in [1.29, 1.82) is 0 Å². The number of benzene rings is 2. The van der Waals surface area contributed by atoms with Crippen LogP contribution in [0.1, 0.15) is 45.3 Å². The largest absolute Gasteiger partial charge is 0.493 e. The van der Waals surface area contributed by atoms with Crippen molar-refractivity contribution in [3.8, 4) is 22.6 Å². The lowest BCUT2D eigenvalue weighted by Crippen LogP contribution is -2.37. The summed E-state index contributed by atoms with van der Waals surface area (Å²) in [5.74, 6) is 0.676. The number of amides is 1. The molecule has 2 aromatic carbocycles. The minimum Gasteiger partial charge on any atom is -0.493 e. The molecule has 0 aromatic heterocycles. The smallest absolute Gasteiger partial charge is 0.405 e. The first-order valence-electron chi connectivity index (χ1n) is 9.48. The normalized spacial score (nSPS) is 17.4. The van der Waals surface area contributed by atoms with Crippen molar-refractivity contribution in [3.63, 3.8) is 0 Å². The summed E-state index contributed by atoms with van der Waals surface area (Å²) in [5.41, 5.74) is 6.56. The number of nitrogens with two attached hydrogens (primary N) is 1. The summed E-state index contributed by atoms with van der Waals surface area (Å²) in [6.45, 7) is 6.82. The van der Waals surface area contributed by atoms with Crippen molar-refractivity contribution in [1.82, 2.24) is 0 Å². The summed E-state index contributed by atoms with van der Waals surface area (Å²) in [4.78, 5) is 11.4. The van der Waals surface area contributed by atoms with E-state index in [1.807, 2.05) is 13.8 Å². The minimum atomic E-state index is -0.837. The van der Waals surface area contributed by atoms with Crippen molar-refractivity contribution in [2.24, 2.45) is 11.1 Å². The van der Waals surface area contributed by atoms with Crippen LogP contribution in [0.15, 0.2) is 36.4 Å². The Morgan fingerprint density at radius 2 is 2.11 bits per heavy atom. The molecule has 5 nitrogen and oxygen atoms in total. The van der Waals surface area contributed by atoms with E-state index in [4.69, 9.17) is 19.9 Å². The van der Waals surface area contributed by atoms with Gasteiger partial charge in [-0.05, 0) is 30.2 Å². The highest BCUT2D eigenvalue weighted by molar-refractivity contribution is 5.73. The van der Waals surface area contributed by atoms with Crippen molar-refractivity contribution < 1.29 is 23.4 Å². The second-order valence-electron chi connectivity index (χ2n) is 7.66. The molecule has 28 heavy (non-hydrogen) atoms. The Labute approximate surface area is 164 Å². The standard InChI is InChI=1S/C22H26FNO4/c1-4-5-11-26-17-8-6-7-16(23)19(17)14-9-10-15-18(12-14)27-13-22(2,3)20(15)28-21(24)25/h6-10,12,20H,4-5,11,13H2,1-3H3,(H2,24,25). The molecule has 1 amide bonds. The maximum atomic E-state index is 14.6. The SMILES string of the molecule is CCCCOc1cccc(F)c1-c1ccc2c(c1)OCC(C)(C)C2OC(N)=O. The highest BCUT2D eigenvalue weighted by Crippen LogP contribution is 2.47. The van der Waals surface area contributed by atoms with Gasteiger partial charge >= 0.3 is 6.09 Å². The van der Waals surface area contributed by atoms with E-state index < -0.39 is 17.6 Å². The van der Waals surface area contributed by atoms with Gasteiger partial charge in [0.1, 0.15) is 23.4 Å². The van der Waals surface area contributed by atoms with Gasteiger partial charge in [-0.2, -0.15) is 0 Å². The Bertz CT molecular complexity index is 866. The fourth-order valence-electron chi connectivity index (χ4n) is 3.36. The number of hydrogen-bond donors (Lipinski definition) is 1. The molecule has 1 aliphatic heterocycles. The molecular weight excluding hydrogens is 361 g/mol. The van der Waals surface area contributed by atoms with E-state index in [2.05, 4.69) is 6.92 Å². The lowest BCUT2D eigenvalue weighted by atomic mass is 9.80. The van der Waals surface area contributed by atoms with Gasteiger partial charge in [-0.15, -0.1) is 0 Å². The van der Waals surface area contributed by atoms with E-state index >= 15 is 0 Å². The molecule has 2 aromatic rings. The summed E-state index contributed by atoms with van der Waals surface area (Å²) in [7, 11) is 0. The fourth-order valence-corrected chi connectivity index (χ4v) is 3.36. The van der Waals surface area contributed by atoms with E-state index in [0.29, 0.717) is 41.4 Å². The third kappa shape index (κ3) is 4.06. The van der Waals surface area contributed by atoms with Gasteiger partial charge in [-0.1, -0.05) is 45.4 Å². The third-order valence-corrected chi connectivity index (χ3v) is 4.86. The predicted octanol–water partition coefficient (Wildman–Crippen LogP) is 5.23. The number of ether oxygens (including phenoxy) is 3. The average molecular weight is 387 g/mol. The van der Waals surface area contributed by atoms with Crippen molar-refractivity contribution >= 4 is 6.09 Å². The van der Waals surface area contributed by atoms with Gasteiger partial charge < -0.3 is 19.9 Å². The first-order valence-corrected chi connectivity index (χ1v) is 9.48. The number of hydrogen-bond acceptors (Lipinski definition) is 4. The lowest BCUT2D eigenvalue weighted by molar-refractivity contribution is -0.0176. The highest BCUT2D eigenvalue weighted by Gasteiger charge is 2.40. The molecule has 1 unspecified atom stereocenters. The van der Waals surface area contributed by atoms with Crippen LogP contribution in [0.3, 0.4) is 0 Å². The van der Waals surface area contributed by atoms with Crippen LogP contribution in [0.4, 0.5) is 9.18 Å². The Morgan fingerprint density at radius 1 is 1.32 bits per heavy atom. The van der Waals surface area contributed by atoms with Crippen LogP contribution in [0.2, 0.25) is 0 Å². The molecule has 0 bridgehead atoms. The number of primary amides is 1. The van der Waals surface area contributed by atoms with E-state index in [9.17, 15) is 9.18 Å². The maximum absolute atomic E-state index is 14.6. The Hall–Kier alpha value is -2.76. The van der Waals surface area contributed by atoms with Crippen LogP contribution in [-0.2, 0) is 4.74 Å². The number of halogens is 1. The molecule has 0 saturated heterocycles. The number of carbonyl (C=O) groups is 1. The highest BCUT2D eigenvalue weighted by atomic mass is 19.1.